The first-order valence-electron chi connectivity index (χ1n) is 8.32. The molecule has 0 aliphatic heterocycles. The smallest absolute Gasteiger partial charge is 0.333 e. The van der Waals surface area contributed by atoms with Gasteiger partial charge >= 0.3 is 5.97 Å². The summed E-state index contributed by atoms with van der Waals surface area (Å²) in [6.45, 7) is -0.225. The van der Waals surface area contributed by atoms with Crippen LogP contribution < -0.4 is 10.1 Å². The highest BCUT2D eigenvalue weighted by Gasteiger charge is 2.23. The SMILES string of the molecule is COC(=O)C(NC(=O)COc1ccc2ccccc2c1Br)c1ccccc1. The van der Waals surface area contributed by atoms with E-state index < -0.39 is 17.9 Å². The molecule has 1 unspecified atom stereocenters. The third kappa shape index (κ3) is 4.46. The molecule has 0 heterocycles. The van der Waals surface area contributed by atoms with Gasteiger partial charge in [-0.1, -0.05) is 60.7 Å². The van der Waals surface area contributed by atoms with E-state index in [0.29, 0.717) is 11.3 Å². The van der Waals surface area contributed by atoms with Crippen LogP contribution in [-0.2, 0) is 14.3 Å². The molecular formula is C21H18BrNO4. The molecule has 6 heteroatoms. The number of carbonyl (C=O) groups is 2. The third-order valence-corrected chi connectivity index (χ3v) is 4.88. The molecule has 0 radical (unpaired) electrons. The summed E-state index contributed by atoms with van der Waals surface area (Å²) in [5.74, 6) is -0.408. The number of nitrogens with one attached hydrogen (secondary N) is 1. The van der Waals surface area contributed by atoms with Crippen LogP contribution in [-0.4, -0.2) is 25.6 Å². The molecular weight excluding hydrogens is 410 g/mol. The molecule has 0 spiro atoms. The van der Waals surface area contributed by atoms with Crippen molar-refractivity contribution >= 4 is 38.6 Å². The molecule has 0 fully saturated rings. The zero-order valence-electron chi connectivity index (χ0n) is 14.6. The lowest BCUT2D eigenvalue weighted by Crippen LogP contribution is -2.37. The third-order valence-electron chi connectivity index (χ3n) is 4.06. The fraction of sp³-hybridized carbons (Fsp3) is 0.143. The topological polar surface area (TPSA) is 64.6 Å². The second-order valence-electron chi connectivity index (χ2n) is 5.82. The Kier molecular flexibility index (Phi) is 6.08. The first-order valence-corrected chi connectivity index (χ1v) is 9.11. The summed E-state index contributed by atoms with van der Waals surface area (Å²) in [6, 6.07) is 19.6. The summed E-state index contributed by atoms with van der Waals surface area (Å²) in [7, 11) is 1.28. The lowest BCUT2D eigenvalue weighted by atomic mass is 10.1. The number of methoxy groups -OCH3 is 1. The number of rotatable bonds is 6. The van der Waals surface area contributed by atoms with E-state index in [2.05, 4.69) is 21.2 Å². The lowest BCUT2D eigenvalue weighted by Gasteiger charge is -2.17. The molecule has 0 aliphatic rings. The number of fused-ring (bicyclic) bond motifs is 1. The van der Waals surface area contributed by atoms with Crippen LogP contribution in [0.25, 0.3) is 10.8 Å². The Morgan fingerprint density at radius 1 is 1.00 bits per heavy atom. The molecule has 0 saturated heterocycles. The fourth-order valence-electron chi connectivity index (χ4n) is 2.71. The van der Waals surface area contributed by atoms with Gasteiger partial charge in [-0.25, -0.2) is 4.79 Å². The van der Waals surface area contributed by atoms with E-state index >= 15 is 0 Å². The van der Waals surface area contributed by atoms with Gasteiger partial charge in [-0.3, -0.25) is 4.79 Å². The number of hydrogen-bond donors (Lipinski definition) is 1. The van der Waals surface area contributed by atoms with Crippen molar-refractivity contribution < 1.29 is 19.1 Å². The fourth-order valence-corrected chi connectivity index (χ4v) is 3.32. The maximum atomic E-state index is 12.3. The van der Waals surface area contributed by atoms with Crippen LogP contribution in [0.4, 0.5) is 0 Å². The van der Waals surface area contributed by atoms with E-state index in [1.165, 1.54) is 7.11 Å². The van der Waals surface area contributed by atoms with Gasteiger partial charge in [-0.05, 0) is 38.3 Å². The van der Waals surface area contributed by atoms with Gasteiger partial charge in [0.15, 0.2) is 12.6 Å². The highest BCUT2D eigenvalue weighted by Crippen LogP contribution is 2.33. The largest absolute Gasteiger partial charge is 0.483 e. The molecule has 1 amide bonds. The van der Waals surface area contributed by atoms with Gasteiger partial charge in [0.25, 0.3) is 5.91 Å². The number of amides is 1. The molecule has 27 heavy (non-hydrogen) atoms. The van der Waals surface area contributed by atoms with Gasteiger partial charge < -0.3 is 14.8 Å². The van der Waals surface area contributed by atoms with Gasteiger partial charge in [-0.15, -0.1) is 0 Å². The van der Waals surface area contributed by atoms with Crippen molar-refractivity contribution in [2.45, 2.75) is 6.04 Å². The minimum atomic E-state index is -0.882. The molecule has 138 valence electrons. The Bertz CT molecular complexity index is 959. The Morgan fingerprint density at radius 3 is 2.44 bits per heavy atom. The second-order valence-corrected chi connectivity index (χ2v) is 6.61. The van der Waals surface area contributed by atoms with E-state index in [4.69, 9.17) is 9.47 Å². The van der Waals surface area contributed by atoms with Crippen molar-refractivity contribution in [2.24, 2.45) is 0 Å². The van der Waals surface area contributed by atoms with E-state index in [1.54, 1.807) is 30.3 Å². The molecule has 0 saturated carbocycles. The molecule has 1 N–H and O–H groups in total. The number of ether oxygens (including phenoxy) is 2. The molecule has 0 aliphatic carbocycles. The highest BCUT2D eigenvalue weighted by molar-refractivity contribution is 9.10. The molecule has 3 aromatic carbocycles. The first kappa shape index (κ1) is 18.9. The summed E-state index contributed by atoms with van der Waals surface area (Å²) >= 11 is 3.52. The minimum Gasteiger partial charge on any atom is -0.483 e. The van der Waals surface area contributed by atoms with Crippen molar-refractivity contribution in [3.05, 3.63) is 76.8 Å². The average Bonchev–Trinajstić information content (AvgIpc) is 2.72. The Balaban J connectivity index is 1.70. The number of esters is 1. The van der Waals surface area contributed by atoms with Crippen molar-refractivity contribution in [1.29, 1.82) is 0 Å². The van der Waals surface area contributed by atoms with Crippen molar-refractivity contribution in [1.82, 2.24) is 5.32 Å². The molecule has 0 bridgehead atoms. The zero-order chi connectivity index (χ0) is 19.2. The Morgan fingerprint density at radius 2 is 1.70 bits per heavy atom. The predicted octanol–water partition coefficient (Wildman–Crippen LogP) is 4.01. The summed E-state index contributed by atoms with van der Waals surface area (Å²) in [5.41, 5.74) is 0.643. The van der Waals surface area contributed by atoms with E-state index in [9.17, 15) is 9.59 Å². The standard InChI is InChI=1S/C21H18BrNO4/c1-26-21(25)20(15-8-3-2-4-9-15)23-18(24)13-27-17-12-11-14-7-5-6-10-16(14)19(17)22/h2-12,20H,13H2,1H3,(H,23,24). The Labute approximate surface area is 165 Å². The highest BCUT2D eigenvalue weighted by atomic mass is 79.9. The first-order chi connectivity index (χ1) is 13.1. The van der Waals surface area contributed by atoms with Gasteiger partial charge in [0, 0.05) is 0 Å². The molecule has 5 nitrogen and oxygen atoms in total. The van der Waals surface area contributed by atoms with E-state index in [-0.39, 0.29) is 6.61 Å². The number of halogens is 1. The van der Waals surface area contributed by atoms with Gasteiger partial charge in [-0.2, -0.15) is 0 Å². The molecule has 3 aromatic rings. The number of hydrogen-bond acceptors (Lipinski definition) is 4. The molecule has 1 atom stereocenters. The van der Waals surface area contributed by atoms with Crippen LogP contribution in [0.1, 0.15) is 11.6 Å². The van der Waals surface area contributed by atoms with Crippen LogP contribution in [0.2, 0.25) is 0 Å². The maximum absolute atomic E-state index is 12.3. The van der Waals surface area contributed by atoms with Crippen LogP contribution in [0, 0.1) is 0 Å². The molecule has 3 rings (SSSR count). The zero-order valence-corrected chi connectivity index (χ0v) is 16.2. The van der Waals surface area contributed by atoms with Crippen LogP contribution in [0.5, 0.6) is 5.75 Å². The monoisotopic (exact) mass is 427 g/mol. The van der Waals surface area contributed by atoms with E-state index in [1.807, 2.05) is 36.4 Å². The maximum Gasteiger partial charge on any atom is 0.333 e. The molecule has 0 aromatic heterocycles. The van der Waals surface area contributed by atoms with Crippen LogP contribution in [0.3, 0.4) is 0 Å². The summed E-state index contributed by atoms with van der Waals surface area (Å²) in [5, 5.41) is 4.72. The van der Waals surface area contributed by atoms with Crippen molar-refractivity contribution in [3.63, 3.8) is 0 Å². The quantitative estimate of drug-likeness (QED) is 0.603. The Hall–Kier alpha value is -2.86. The number of carbonyl (C=O) groups excluding carboxylic acids is 2. The van der Waals surface area contributed by atoms with Gasteiger partial charge in [0.05, 0.1) is 11.6 Å². The summed E-state index contributed by atoms with van der Waals surface area (Å²) in [6.07, 6.45) is 0. The predicted molar refractivity (Wildman–Crippen MR) is 106 cm³/mol. The van der Waals surface area contributed by atoms with Crippen LogP contribution in [0.15, 0.2) is 71.2 Å². The van der Waals surface area contributed by atoms with Crippen LogP contribution >= 0.6 is 15.9 Å². The second kappa shape index (κ2) is 8.68. The lowest BCUT2D eigenvalue weighted by molar-refractivity contribution is -0.145. The van der Waals surface area contributed by atoms with Gasteiger partial charge in [0.2, 0.25) is 0 Å². The average molecular weight is 428 g/mol. The normalized spacial score (nSPS) is 11.6. The summed E-state index contributed by atoms with van der Waals surface area (Å²) in [4.78, 5) is 24.4. The minimum absolute atomic E-state index is 0.225. The van der Waals surface area contributed by atoms with E-state index in [0.717, 1.165) is 15.2 Å². The summed E-state index contributed by atoms with van der Waals surface area (Å²) < 4.78 is 11.2. The number of benzene rings is 3. The van der Waals surface area contributed by atoms with Gasteiger partial charge in [0.1, 0.15) is 5.75 Å². The van der Waals surface area contributed by atoms with Crippen molar-refractivity contribution in [2.75, 3.05) is 13.7 Å². The van der Waals surface area contributed by atoms with Crippen molar-refractivity contribution in [3.8, 4) is 5.75 Å².